The Labute approximate surface area is 270 Å². The van der Waals surface area contributed by atoms with E-state index in [0.29, 0.717) is 12.4 Å². The summed E-state index contributed by atoms with van der Waals surface area (Å²) in [6.45, 7) is 6.84. The van der Waals surface area contributed by atoms with Crippen molar-refractivity contribution in [1.82, 2.24) is 10.2 Å². The van der Waals surface area contributed by atoms with E-state index in [1.165, 1.54) is 23.1 Å². The average molecular weight is 646 g/mol. The predicted octanol–water partition coefficient (Wildman–Crippen LogP) is 5.97. The Hall–Kier alpha value is -4.70. The highest BCUT2D eigenvalue weighted by molar-refractivity contribution is 7.92. The maximum atomic E-state index is 15.1. The normalized spacial score (nSPS) is 12.2. The molecule has 0 aliphatic carbocycles. The van der Waals surface area contributed by atoms with Gasteiger partial charge in [-0.25, -0.2) is 12.8 Å². The molecule has 0 aliphatic rings. The molecule has 0 aliphatic heterocycles. The minimum Gasteiger partial charge on any atom is -0.494 e. The van der Waals surface area contributed by atoms with E-state index >= 15 is 4.39 Å². The van der Waals surface area contributed by atoms with E-state index in [1.807, 2.05) is 58.0 Å². The number of benzene rings is 4. The van der Waals surface area contributed by atoms with Crippen LogP contribution in [0.1, 0.15) is 38.8 Å². The van der Waals surface area contributed by atoms with E-state index < -0.39 is 45.8 Å². The smallest absolute Gasteiger partial charge is 0.264 e. The number of hydrogen-bond acceptors (Lipinski definition) is 5. The Morgan fingerprint density at radius 2 is 1.43 bits per heavy atom. The second-order valence-corrected chi connectivity index (χ2v) is 13.7. The Morgan fingerprint density at radius 1 is 0.848 bits per heavy atom. The lowest BCUT2D eigenvalue weighted by molar-refractivity contribution is -0.140. The zero-order chi connectivity index (χ0) is 33.3. The van der Waals surface area contributed by atoms with Gasteiger partial charge in [0.15, 0.2) is 0 Å². The minimum absolute atomic E-state index is 0.0105. The van der Waals surface area contributed by atoms with Crippen LogP contribution in [0.3, 0.4) is 0 Å². The first-order valence-corrected chi connectivity index (χ1v) is 16.5. The Morgan fingerprint density at radius 3 is 2.02 bits per heavy atom. The van der Waals surface area contributed by atoms with Crippen molar-refractivity contribution in [3.8, 4) is 5.75 Å². The SMILES string of the molecule is CCOc1ccc(N(CC(=O)N(Cc2ccccc2F)[C@H](Cc2ccccc2)C(=O)NC(C)(C)C)S(=O)(=O)c2ccccc2)cc1. The van der Waals surface area contributed by atoms with E-state index in [1.54, 1.807) is 60.7 Å². The molecule has 0 fully saturated rings. The van der Waals surface area contributed by atoms with Gasteiger partial charge in [0.25, 0.3) is 10.0 Å². The largest absolute Gasteiger partial charge is 0.494 e. The Balaban J connectivity index is 1.82. The average Bonchev–Trinajstić information content (AvgIpc) is 3.03. The quantitative estimate of drug-likeness (QED) is 0.193. The van der Waals surface area contributed by atoms with Crippen molar-refractivity contribution in [2.45, 2.75) is 57.1 Å². The first kappa shape index (κ1) is 34.2. The summed E-state index contributed by atoms with van der Waals surface area (Å²) in [7, 11) is -4.25. The molecule has 0 radical (unpaired) electrons. The monoisotopic (exact) mass is 645 g/mol. The van der Waals surface area contributed by atoms with E-state index in [0.717, 1.165) is 9.87 Å². The topological polar surface area (TPSA) is 96.0 Å². The van der Waals surface area contributed by atoms with Crippen molar-refractivity contribution in [2.75, 3.05) is 17.5 Å². The molecule has 0 saturated carbocycles. The molecular weight excluding hydrogens is 605 g/mol. The number of hydrogen-bond donors (Lipinski definition) is 1. The highest BCUT2D eigenvalue weighted by Gasteiger charge is 2.36. The van der Waals surface area contributed by atoms with Gasteiger partial charge in [0.1, 0.15) is 24.2 Å². The van der Waals surface area contributed by atoms with Gasteiger partial charge in [-0.05, 0) is 75.7 Å². The second-order valence-electron chi connectivity index (χ2n) is 11.8. The number of amides is 2. The second kappa shape index (κ2) is 15.1. The molecule has 46 heavy (non-hydrogen) atoms. The molecule has 2 amide bonds. The zero-order valence-corrected chi connectivity index (χ0v) is 27.3. The van der Waals surface area contributed by atoms with Gasteiger partial charge in [-0.15, -0.1) is 0 Å². The van der Waals surface area contributed by atoms with Crippen LogP contribution in [0.15, 0.2) is 114 Å². The zero-order valence-electron chi connectivity index (χ0n) is 26.5. The van der Waals surface area contributed by atoms with E-state index in [4.69, 9.17) is 4.74 Å². The van der Waals surface area contributed by atoms with Crippen LogP contribution in [0, 0.1) is 5.82 Å². The van der Waals surface area contributed by atoms with Crippen LogP contribution in [0.25, 0.3) is 0 Å². The minimum atomic E-state index is -4.25. The van der Waals surface area contributed by atoms with Gasteiger partial charge in [0.05, 0.1) is 17.2 Å². The number of carbonyl (C=O) groups excluding carboxylic acids is 2. The molecule has 0 saturated heterocycles. The molecule has 0 aromatic heterocycles. The van der Waals surface area contributed by atoms with Gasteiger partial charge in [-0.3, -0.25) is 13.9 Å². The van der Waals surface area contributed by atoms with Crippen molar-refractivity contribution in [3.05, 3.63) is 126 Å². The summed E-state index contributed by atoms with van der Waals surface area (Å²) < 4.78 is 49.8. The summed E-state index contributed by atoms with van der Waals surface area (Å²) in [4.78, 5) is 29.7. The van der Waals surface area contributed by atoms with Crippen molar-refractivity contribution in [2.24, 2.45) is 0 Å². The molecule has 4 aromatic carbocycles. The third kappa shape index (κ3) is 8.94. The Kier molecular flexibility index (Phi) is 11.2. The number of rotatable bonds is 13. The standard InChI is InChI=1S/C36H40FN3O5S/c1-5-45-30-22-20-29(21-23-30)40(46(43,44)31-17-10-7-11-18-31)26-34(41)39(25-28-16-12-13-19-32(28)37)33(35(42)38-36(2,3)4)24-27-14-8-6-9-15-27/h6-23,33H,5,24-26H2,1-4H3,(H,38,42)/t33-/m1/s1. The molecular formula is C36H40FN3O5S. The fraction of sp³-hybridized carbons (Fsp3) is 0.278. The van der Waals surface area contributed by atoms with Gasteiger partial charge in [-0.2, -0.15) is 0 Å². The first-order chi connectivity index (χ1) is 21.9. The maximum absolute atomic E-state index is 15.1. The number of ether oxygens (including phenoxy) is 1. The number of sulfonamides is 1. The van der Waals surface area contributed by atoms with Crippen molar-refractivity contribution < 1.29 is 27.1 Å². The highest BCUT2D eigenvalue weighted by atomic mass is 32.2. The summed E-state index contributed by atoms with van der Waals surface area (Å²) >= 11 is 0. The third-order valence-electron chi connectivity index (χ3n) is 7.11. The van der Waals surface area contributed by atoms with Crippen LogP contribution in [-0.2, 0) is 32.6 Å². The van der Waals surface area contributed by atoms with Gasteiger partial charge in [-0.1, -0.05) is 66.7 Å². The lowest BCUT2D eigenvalue weighted by atomic mass is 10.0. The number of carbonyl (C=O) groups is 2. The molecule has 0 bridgehead atoms. The van der Waals surface area contributed by atoms with Crippen LogP contribution >= 0.6 is 0 Å². The van der Waals surface area contributed by atoms with Crippen molar-refractivity contribution in [1.29, 1.82) is 0 Å². The maximum Gasteiger partial charge on any atom is 0.264 e. The summed E-state index contributed by atoms with van der Waals surface area (Å²) in [5, 5.41) is 2.96. The lowest BCUT2D eigenvalue weighted by Crippen LogP contribution is -2.56. The van der Waals surface area contributed by atoms with E-state index in [-0.39, 0.29) is 29.1 Å². The Bertz CT molecular complexity index is 1710. The van der Waals surface area contributed by atoms with Gasteiger partial charge < -0.3 is 15.0 Å². The van der Waals surface area contributed by atoms with Gasteiger partial charge >= 0.3 is 0 Å². The van der Waals surface area contributed by atoms with Crippen LogP contribution in [0.4, 0.5) is 10.1 Å². The lowest BCUT2D eigenvalue weighted by Gasteiger charge is -2.35. The van der Waals surface area contributed by atoms with Gasteiger partial charge in [0, 0.05) is 24.1 Å². The molecule has 10 heteroatoms. The summed E-state index contributed by atoms with van der Waals surface area (Å²) in [6, 6.07) is 28.3. The molecule has 1 atom stereocenters. The van der Waals surface area contributed by atoms with E-state index in [9.17, 15) is 18.0 Å². The summed E-state index contributed by atoms with van der Waals surface area (Å²) in [5.41, 5.74) is 0.563. The highest BCUT2D eigenvalue weighted by Crippen LogP contribution is 2.27. The molecule has 242 valence electrons. The van der Waals surface area contributed by atoms with Crippen LogP contribution in [0.2, 0.25) is 0 Å². The number of nitrogens with one attached hydrogen (secondary N) is 1. The summed E-state index contributed by atoms with van der Waals surface area (Å²) in [5.74, 6) is -1.13. The van der Waals surface area contributed by atoms with Gasteiger partial charge in [0.2, 0.25) is 11.8 Å². The fourth-order valence-corrected chi connectivity index (χ4v) is 6.38. The van der Waals surface area contributed by atoms with Crippen molar-refractivity contribution in [3.63, 3.8) is 0 Å². The molecule has 0 heterocycles. The molecule has 8 nitrogen and oxygen atoms in total. The molecule has 4 rings (SSSR count). The van der Waals surface area contributed by atoms with Crippen molar-refractivity contribution >= 4 is 27.5 Å². The predicted molar refractivity (Wildman–Crippen MR) is 177 cm³/mol. The number of nitrogens with zero attached hydrogens (tertiary/aromatic N) is 2. The van der Waals surface area contributed by atoms with Crippen LogP contribution < -0.4 is 14.4 Å². The molecule has 0 unspecified atom stereocenters. The third-order valence-corrected chi connectivity index (χ3v) is 8.90. The molecule has 0 spiro atoms. The molecule has 4 aromatic rings. The number of halogens is 1. The van der Waals surface area contributed by atoms with E-state index in [2.05, 4.69) is 5.32 Å². The molecule has 1 N–H and O–H groups in total. The van der Waals surface area contributed by atoms with Crippen LogP contribution in [0.5, 0.6) is 5.75 Å². The summed E-state index contributed by atoms with van der Waals surface area (Å²) in [6.07, 6.45) is 0.122. The van der Waals surface area contributed by atoms with Crippen LogP contribution in [-0.4, -0.2) is 49.9 Å². The number of anilines is 1. The fourth-order valence-electron chi connectivity index (χ4n) is 4.94. The first-order valence-electron chi connectivity index (χ1n) is 15.1.